The molecule has 1 aromatic heterocycles. The molecular formula is C13H25N5O2S. The van der Waals surface area contributed by atoms with E-state index < -0.39 is 10.0 Å². The van der Waals surface area contributed by atoms with Gasteiger partial charge in [0.15, 0.2) is 0 Å². The Morgan fingerprint density at radius 3 is 2.52 bits per heavy atom. The van der Waals surface area contributed by atoms with Gasteiger partial charge in [-0.2, -0.15) is 9.40 Å². The summed E-state index contributed by atoms with van der Waals surface area (Å²) in [6, 6.07) is 0.458. The van der Waals surface area contributed by atoms with E-state index in [1.165, 1.54) is 6.20 Å². The van der Waals surface area contributed by atoms with Crippen molar-refractivity contribution >= 4 is 10.0 Å². The lowest BCUT2D eigenvalue weighted by Crippen LogP contribution is -2.50. The van der Waals surface area contributed by atoms with Gasteiger partial charge in [-0.05, 0) is 20.9 Å². The van der Waals surface area contributed by atoms with Gasteiger partial charge in [-0.15, -0.1) is 0 Å². The fraction of sp³-hybridized carbons (Fsp3) is 0.769. The minimum absolute atomic E-state index is 0.289. The Morgan fingerprint density at radius 1 is 1.29 bits per heavy atom. The molecule has 0 spiro atoms. The molecule has 0 radical (unpaired) electrons. The van der Waals surface area contributed by atoms with Crippen LogP contribution in [0.4, 0.5) is 0 Å². The molecule has 1 N–H and O–H groups in total. The lowest BCUT2D eigenvalue weighted by molar-refractivity contribution is 0.154. The third-order valence-electron chi connectivity index (χ3n) is 3.84. The Morgan fingerprint density at radius 2 is 1.95 bits per heavy atom. The van der Waals surface area contributed by atoms with Crippen LogP contribution in [0.5, 0.6) is 0 Å². The SMILES string of the molecule is CNCCn1cc(S(=O)(=O)N2CCN(C(C)C)CC2)cn1. The summed E-state index contributed by atoms with van der Waals surface area (Å²) in [5.41, 5.74) is 0. The smallest absolute Gasteiger partial charge is 0.246 e. The summed E-state index contributed by atoms with van der Waals surface area (Å²) < 4.78 is 28.4. The molecular weight excluding hydrogens is 290 g/mol. The van der Waals surface area contributed by atoms with Crippen LogP contribution in [0.3, 0.4) is 0 Å². The molecule has 0 atom stereocenters. The van der Waals surface area contributed by atoms with Gasteiger partial charge < -0.3 is 5.32 Å². The molecule has 0 amide bonds. The monoisotopic (exact) mass is 315 g/mol. The van der Waals surface area contributed by atoms with Crippen molar-refractivity contribution in [1.82, 2.24) is 24.3 Å². The lowest BCUT2D eigenvalue weighted by atomic mass is 10.3. The van der Waals surface area contributed by atoms with Crippen LogP contribution < -0.4 is 5.32 Å². The Kier molecular flexibility index (Phi) is 5.37. The molecule has 7 nitrogen and oxygen atoms in total. The first-order chi connectivity index (χ1) is 9.95. The predicted octanol–water partition coefficient (Wildman–Crippen LogP) is -0.183. The van der Waals surface area contributed by atoms with Gasteiger partial charge in [0.25, 0.3) is 0 Å². The van der Waals surface area contributed by atoms with Gasteiger partial charge >= 0.3 is 0 Å². The summed E-state index contributed by atoms with van der Waals surface area (Å²) in [5, 5.41) is 7.14. The Balaban J connectivity index is 2.03. The van der Waals surface area contributed by atoms with Crippen LogP contribution in [-0.2, 0) is 16.6 Å². The number of aromatic nitrogens is 2. The fourth-order valence-corrected chi connectivity index (χ4v) is 3.81. The number of rotatable bonds is 6. The molecule has 1 aliphatic rings. The number of sulfonamides is 1. The van der Waals surface area contributed by atoms with E-state index >= 15 is 0 Å². The number of hydrogen-bond acceptors (Lipinski definition) is 5. The standard InChI is InChI=1S/C13H25N5O2S/c1-12(2)16-6-8-18(9-7-16)21(19,20)13-10-15-17(11-13)5-4-14-3/h10-12,14H,4-9H2,1-3H3. The quantitative estimate of drug-likeness (QED) is 0.788. The zero-order valence-corrected chi connectivity index (χ0v) is 13.8. The molecule has 1 saturated heterocycles. The highest BCUT2D eigenvalue weighted by Crippen LogP contribution is 2.17. The molecule has 1 aromatic rings. The van der Waals surface area contributed by atoms with Crippen LogP contribution >= 0.6 is 0 Å². The van der Waals surface area contributed by atoms with E-state index in [0.29, 0.717) is 25.7 Å². The van der Waals surface area contributed by atoms with E-state index in [1.807, 2.05) is 7.05 Å². The summed E-state index contributed by atoms with van der Waals surface area (Å²) in [4.78, 5) is 2.58. The minimum atomic E-state index is -3.41. The van der Waals surface area contributed by atoms with Crippen molar-refractivity contribution in [1.29, 1.82) is 0 Å². The number of nitrogens with zero attached hydrogens (tertiary/aromatic N) is 4. The van der Waals surface area contributed by atoms with Crippen LogP contribution in [-0.4, -0.2) is 73.2 Å². The van der Waals surface area contributed by atoms with Crippen molar-refractivity contribution in [3.05, 3.63) is 12.4 Å². The van der Waals surface area contributed by atoms with E-state index in [1.54, 1.807) is 15.2 Å². The highest BCUT2D eigenvalue weighted by atomic mass is 32.2. The number of likely N-dealkylation sites (N-methyl/N-ethyl adjacent to an activating group) is 1. The van der Waals surface area contributed by atoms with Gasteiger partial charge in [0.2, 0.25) is 10.0 Å². The number of piperazine rings is 1. The van der Waals surface area contributed by atoms with Crippen molar-refractivity contribution in [3.8, 4) is 0 Å². The second kappa shape index (κ2) is 6.87. The van der Waals surface area contributed by atoms with Gasteiger partial charge in [0.05, 0.1) is 12.7 Å². The molecule has 2 rings (SSSR count). The maximum Gasteiger partial charge on any atom is 0.246 e. The fourth-order valence-electron chi connectivity index (χ4n) is 2.44. The normalized spacial score (nSPS) is 18.5. The first-order valence-electron chi connectivity index (χ1n) is 7.36. The van der Waals surface area contributed by atoms with Gasteiger partial charge in [0, 0.05) is 45.0 Å². The maximum absolute atomic E-state index is 12.6. The van der Waals surface area contributed by atoms with Gasteiger partial charge in [0.1, 0.15) is 4.90 Å². The predicted molar refractivity (Wildman–Crippen MR) is 81.6 cm³/mol. The third kappa shape index (κ3) is 3.82. The van der Waals surface area contributed by atoms with E-state index in [2.05, 4.69) is 29.2 Å². The molecule has 120 valence electrons. The summed E-state index contributed by atoms with van der Waals surface area (Å²) >= 11 is 0. The lowest BCUT2D eigenvalue weighted by Gasteiger charge is -2.35. The van der Waals surface area contributed by atoms with E-state index in [-0.39, 0.29) is 4.90 Å². The highest BCUT2D eigenvalue weighted by Gasteiger charge is 2.30. The molecule has 0 aromatic carbocycles. The van der Waals surface area contributed by atoms with Gasteiger partial charge in [-0.3, -0.25) is 9.58 Å². The molecule has 1 aliphatic heterocycles. The van der Waals surface area contributed by atoms with E-state index in [9.17, 15) is 8.42 Å². The Labute approximate surface area is 127 Å². The third-order valence-corrected chi connectivity index (χ3v) is 5.69. The second-order valence-corrected chi connectivity index (χ2v) is 7.51. The van der Waals surface area contributed by atoms with Crippen LogP contribution in [0.25, 0.3) is 0 Å². The van der Waals surface area contributed by atoms with Crippen molar-refractivity contribution in [3.63, 3.8) is 0 Å². The van der Waals surface area contributed by atoms with Crippen LogP contribution in [0.2, 0.25) is 0 Å². The van der Waals surface area contributed by atoms with Crippen molar-refractivity contribution in [2.24, 2.45) is 0 Å². The summed E-state index contributed by atoms with van der Waals surface area (Å²) in [7, 11) is -1.56. The molecule has 21 heavy (non-hydrogen) atoms. The summed E-state index contributed by atoms with van der Waals surface area (Å²) in [6.07, 6.45) is 3.06. The number of nitrogens with one attached hydrogen (secondary N) is 1. The van der Waals surface area contributed by atoms with Crippen molar-refractivity contribution in [2.75, 3.05) is 39.8 Å². The average Bonchev–Trinajstić information content (AvgIpc) is 2.94. The molecule has 8 heteroatoms. The molecule has 0 unspecified atom stereocenters. The van der Waals surface area contributed by atoms with Crippen LogP contribution in [0.15, 0.2) is 17.3 Å². The van der Waals surface area contributed by atoms with Gasteiger partial charge in [-0.25, -0.2) is 8.42 Å². The second-order valence-electron chi connectivity index (χ2n) is 5.58. The average molecular weight is 315 g/mol. The molecule has 1 fully saturated rings. The van der Waals surface area contributed by atoms with E-state index in [4.69, 9.17) is 0 Å². The van der Waals surface area contributed by atoms with Crippen molar-refractivity contribution < 1.29 is 8.42 Å². The van der Waals surface area contributed by atoms with Gasteiger partial charge in [-0.1, -0.05) is 0 Å². The van der Waals surface area contributed by atoms with Crippen LogP contribution in [0.1, 0.15) is 13.8 Å². The first kappa shape index (κ1) is 16.4. The number of hydrogen-bond donors (Lipinski definition) is 1. The largest absolute Gasteiger partial charge is 0.318 e. The molecule has 0 bridgehead atoms. The minimum Gasteiger partial charge on any atom is -0.318 e. The maximum atomic E-state index is 12.6. The molecule has 0 aliphatic carbocycles. The van der Waals surface area contributed by atoms with Crippen LogP contribution in [0, 0.1) is 0 Å². The Hall–Kier alpha value is -0.960. The van der Waals surface area contributed by atoms with Crippen molar-refractivity contribution in [2.45, 2.75) is 31.3 Å². The first-order valence-corrected chi connectivity index (χ1v) is 8.80. The van der Waals surface area contributed by atoms with E-state index in [0.717, 1.165) is 19.6 Å². The topological polar surface area (TPSA) is 70.5 Å². The Bertz CT molecular complexity index is 547. The molecule has 2 heterocycles. The summed E-state index contributed by atoms with van der Waals surface area (Å²) in [6.45, 7) is 8.34. The highest BCUT2D eigenvalue weighted by molar-refractivity contribution is 7.89. The molecule has 0 saturated carbocycles. The zero-order chi connectivity index (χ0) is 15.5. The summed E-state index contributed by atoms with van der Waals surface area (Å²) in [5.74, 6) is 0. The zero-order valence-electron chi connectivity index (χ0n) is 13.0.